The van der Waals surface area contributed by atoms with E-state index in [1.807, 2.05) is 0 Å². The van der Waals surface area contributed by atoms with Crippen molar-refractivity contribution < 1.29 is 55.2 Å². The Morgan fingerprint density at radius 1 is 0.636 bits per heavy atom. The smallest absolute Gasteiger partial charge is 0.264 e. The summed E-state index contributed by atoms with van der Waals surface area (Å²) in [6.07, 6.45) is 0. The van der Waals surface area contributed by atoms with Crippen LogP contribution in [0.3, 0.4) is 0 Å². The molecular weight excluding hydrogens is 384 g/mol. The van der Waals surface area contributed by atoms with Crippen LogP contribution in [0.25, 0.3) is 0 Å². The SMILES string of the molecule is O=S(=O)(O)O.O=S(=O)(O)O.[Ir]. The van der Waals surface area contributed by atoms with Gasteiger partial charge in [-0.2, -0.15) is 16.8 Å². The average molecular weight is 388 g/mol. The molecule has 0 saturated heterocycles. The van der Waals surface area contributed by atoms with Gasteiger partial charge in [0.1, 0.15) is 0 Å². The second-order valence-corrected chi connectivity index (χ2v) is 2.69. The molecule has 0 saturated carbocycles. The largest absolute Gasteiger partial charge is 0.394 e. The van der Waals surface area contributed by atoms with Crippen molar-refractivity contribution in [2.24, 2.45) is 0 Å². The number of hydrogen-bond donors (Lipinski definition) is 4. The van der Waals surface area contributed by atoms with E-state index in [9.17, 15) is 0 Å². The zero-order valence-electron chi connectivity index (χ0n) is 4.57. The standard InChI is InChI=1S/Ir.2H2O4S/c;2*1-5(2,3)4/h;2*(H2,1,2,3,4). The van der Waals surface area contributed by atoms with E-state index < -0.39 is 20.8 Å². The second-order valence-electron chi connectivity index (χ2n) is 0.896. The summed E-state index contributed by atoms with van der Waals surface area (Å²) in [5.74, 6) is 0. The topological polar surface area (TPSA) is 149 Å². The average Bonchev–Trinajstić information content (AvgIpc) is 1.12. The van der Waals surface area contributed by atoms with Crippen molar-refractivity contribution >= 4 is 20.8 Å². The maximum Gasteiger partial charge on any atom is 0.394 e. The van der Waals surface area contributed by atoms with Crippen LogP contribution in [0.1, 0.15) is 0 Å². The fraction of sp³-hybridized carbons (Fsp3) is 0. The van der Waals surface area contributed by atoms with Crippen molar-refractivity contribution in [1.29, 1.82) is 0 Å². The zero-order valence-corrected chi connectivity index (χ0v) is 8.60. The van der Waals surface area contributed by atoms with Crippen LogP contribution in [0, 0.1) is 0 Å². The Hall–Kier alpha value is 0.389. The van der Waals surface area contributed by atoms with Crippen molar-refractivity contribution in [2.45, 2.75) is 0 Å². The minimum atomic E-state index is -4.67. The molecule has 0 fully saturated rings. The van der Waals surface area contributed by atoms with Gasteiger partial charge in [-0.3, -0.25) is 18.2 Å². The molecule has 0 aromatic heterocycles. The molecule has 0 amide bonds. The van der Waals surface area contributed by atoms with Gasteiger partial charge in [0.15, 0.2) is 0 Å². The third-order valence-electron chi connectivity index (χ3n) is 0. The molecule has 11 heavy (non-hydrogen) atoms. The molecule has 0 atom stereocenters. The summed E-state index contributed by atoms with van der Waals surface area (Å²) in [6, 6.07) is 0. The van der Waals surface area contributed by atoms with Crippen molar-refractivity contribution in [3.63, 3.8) is 0 Å². The van der Waals surface area contributed by atoms with Gasteiger partial charge < -0.3 is 0 Å². The summed E-state index contributed by atoms with van der Waals surface area (Å²) in [4.78, 5) is 0. The van der Waals surface area contributed by atoms with Crippen LogP contribution in [0.4, 0.5) is 0 Å². The van der Waals surface area contributed by atoms with E-state index in [2.05, 4.69) is 0 Å². The van der Waals surface area contributed by atoms with Gasteiger partial charge in [0, 0.05) is 20.1 Å². The third kappa shape index (κ3) is 4820. The molecule has 11 heteroatoms. The minimum absolute atomic E-state index is 0. The first-order valence-corrected chi connectivity index (χ1v) is 4.19. The van der Waals surface area contributed by atoms with Crippen LogP contribution in [-0.4, -0.2) is 35.0 Å². The van der Waals surface area contributed by atoms with Gasteiger partial charge in [0.25, 0.3) is 0 Å². The Labute approximate surface area is 76.1 Å². The minimum Gasteiger partial charge on any atom is -0.264 e. The quantitative estimate of drug-likeness (QED) is 0.374. The molecular formula is H4IrO8S2. The molecule has 0 aromatic rings. The molecule has 0 aliphatic heterocycles. The maximum atomic E-state index is 8.74. The molecule has 0 spiro atoms. The Morgan fingerprint density at radius 2 is 0.636 bits per heavy atom. The van der Waals surface area contributed by atoms with Gasteiger partial charge in [-0.15, -0.1) is 0 Å². The van der Waals surface area contributed by atoms with Crippen LogP contribution in [0.15, 0.2) is 0 Å². The summed E-state index contributed by atoms with van der Waals surface area (Å²) >= 11 is 0. The fourth-order valence-electron chi connectivity index (χ4n) is 0. The molecule has 0 aromatic carbocycles. The van der Waals surface area contributed by atoms with Gasteiger partial charge in [-0.1, -0.05) is 0 Å². The van der Waals surface area contributed by atoms with Crippen molar-refractivity contribution in [1.82, 2.24) is 0 Å². The second kappa shape index (κ2) is 5.97. The van der Waals surface area contributed by atoms with E-state index >= 15 is 0 Å². The predicted molar refractivity (Wildman–Crippen MR) is 28.4 cm³/mol. The molecule has 0 rings (SSSR count). The molecule has 0 heterocycles. The fourth-order valence-corrected chi connectivity index (χ4v) is 0. The van der Waals surface area contributed by atoms with Crippen LogP contribution in [-0.2, 0) is 40.9 Å². The molecule has 0 bridgehead atoms. The van der Waals surface area contributed by atoms with E-state index in [1.165, 1.54) is 0 Å². The van der Waals surface area contributed by atoms with E-state index in [4.69, 9.17) is 35.0 Å². The maximum absolute atomic E-state index is 8.74. The van der Waals surface area contributed by atoms with Gasteiger partial charge in [-0.05, 0) is 0 Å². The van der Waals surface area contributed by atoms with E-state index in [1.54, 1.807) is 0 Å². The summed E-state index contributed by atoms with van der Waals surface area (Å²) < 4.78 is 63.2. The number of rotatable bonds is 0. The van der Waals surface area contributed by atoms with E-state index in [0.29, 0.717) is 0 Å². The summed E-state index contributed by atoms with van der Waals surface area (Å²) in [5.41, 5.74) is 0. The molecule has 4 N–H and O–H groups in total. The summed E-state index contributed by atoms with van der Waals surface area (Å²) in [6.45, 7) is 0. The normalized spacial score (nSPS) is 10.5. The monoisotopic (exact) mass is 389 g/mol. The first-order chi connectivity index (χ1) is 4.00. The Bertz CT molecular complexity index is 208. The molecule has 8 nitrogen and oxygen atoms in total. The van der Waals surface area contributed by atoms with E-state index in [-0.39, 0.29) is 20.1 Å². The van der Waals surface area contributed by atoms with Crippen molar-refractivity contribution in [3.05, 3.63) is 0 Å². The van der Waals surface area contributed by atoms with Gasteiger partial charge >= 0.3 is 20.8 Å². The number of hydrogen-bond acceptors (Lipinski definition) is 4. The van der Waals surface area contributed by atoms with Crippen LogP contribution in [0.2, 0.25) is 0 Å². The molecule has 73 valence electrons. The molecule has 0 unspecified atom stereocenters. The zero-order chi connectivity index (χ0) is 9.00. The first kappa shape index (κ1) is 17.5. The van der Waals surface area contributed by atoms with Gasteiger partial charge in [-0.25, -0.2) is 0 Å². The molecule has 1 radical (unpaired) electrons. The summed E-state index contributed by atoms with van der Waals surface area (Å²) in [7, 11) is -9.33. The first-order valence-electron chi connectivity index (χ1n) is 1.40. The van der Waals surface area contributed by atoms with Crippen LogP contribution < -0.4 is 0 Å². The van der Waals surface area contributed by atoms with Crippen molar-refractivity contribution in [2.75, 3.05) is 0 Å². The summed E-state index contributed by atoms with van der Waals surface area (Å²) in [5, 5.41) is 0. The van der Waals surface area contributed by atoms with E-state index in [0.717, 1.165) is 0 Å². The predicted octanol–water partition coefficient (Wildman–Crippen LogP) is -1.31. The van der Waals surface area contributed by atoms with Crippen LogP contribution in [0.5, 0.6) is 0 Å². The van der Waals surface area contributed by atoms with Gasteiger partial charge in [0.2, 0.25) is 0 Å². The Morgan fingerprint density at radius 3 is 0.636 bits per heavy atom. The van der Waals surface area contributed by atoms with Crippen LogP contribution >= 0.6 is 0 Å². The van der Waals surface area contributed by atoms with Crippen molar-refractivity contribution in [3.8, 4) is 0 Å². The van der Waals surface area contributed by atoms with Gasteiger partial charge in [0.05, 0.1) is 0 Å². The Kier molecular flexibility index (Phi) is 9.48. The Balaban J connectivity index is -0.000000107. The molecule has 0 aliphatic rings. The molecule has 0 aliphatic carbocycles. The third-order valence-corrected chi connectivity index (χ3v) is 0.